The lowest BCUT2D eigenvalue weighted by Gasteiger charge is -2.42. The molecular weight excluding hydrogens is 246 g/mol. The van der Waals surface area contributed by atoms with Crippen molar-refractivity contribution >= 4 is 7.85 Å². The Morgan fingerprint density at radius 3 is 1.95 bits per heavy atom. The van der Waals surface area contributed by atoms with Gasteiger partial charge in [-0.25, -0.2) is 4.39 Å². The smallest absolute Gasteiger partial charge is 0.105 e. The fourth-order valence-electron chi connectivity index (χ4n) is 5.45. The van der Waals surface area contributed by atoms with Crippen molar-refractivity contribution in [3.05, 3.63) is 0 Å². The van der Waals surface area contributed by atoms with Gasteiger partial charge in [-0.3, -0.25) is 0 Å². The average Bonchev–Trinajstić information content (AvgIpc) is 2.49. The Balaban J connectivity index is 1.51. The van der Waals surface area contributed by atoms with Crippen molar-refractivity contribution < 1.29 is 4.39 Å². The van der Waals surface area contributed by atoms with Crippen LogP contribution in [0.3, 0.4) is 0 Å². The minimum Gasteiger partial charge on any atom is -0.247 e. The molecule has 3 saturated carbocycles. The number of alkyl halides is 1. The maximum Gasteiger partial charge on any atom is 0.105 e. The molecule has 114 valence electrons. The molecule has 2 heteroatoms. The van der Waals surface area contributed by atoms with E-state index in [1.165, 1.54) is 70.6 Å². The van der Waals surface area contributed by atoms with Crippen LogP contribution in [0.15, 0.2) is 0 Å². The molecule has 3 atom stereocenters. The molecule has 3 unspecified atom stereocenters. The van der Waals surface area contributed by atoms with Crippen molar-refractivity contribution in [2.45, 2.75) is 89.0 Å². The molecule has 0 spiro atoms. The second-order valence-electron chi connectivity index (χ2n) is 8.17. The summed E-state index contributed by atoms with van der Waals surface area (Å²) in [4.78, 5) is 0. The van der Waals surface area contributed by atoms with E-state index in [4.69, 9.17) is 0 Å². The summed E-state index contributed by atoms with van der Waals surface area (Å²) in [6.07, 6.45) is 15.2. The molecule has 0 radical (unpaired) electrons. The Hall–Kier alpha value is -0.00506. The van der Waals surface area contributed by atoms with Crippen LogP contribution in [-0.2, 0) is 0 Å². The highest BCUT2D eigenvalue weighted by molar-refractivity contribution is 6.11. The zero-order valence-corrected chi connectivity index (χ0v) is 13.3. The van der Waals surface area contributed by atoms with Crippen LogP contribution < -0.4 is 0 Å². The molecular formula is C18H32BF. The van der Waals surface area contributed by atoms with Crippen molar-refractivity contribution in [1.82, 2.24) is 0 Å². The van der Waals surface area contributed by atoms with E-state index in [2.05, 4.69) is 7.85 Å². The van der Waals surface area contributed by atoms with Crippen LogP contribution in [0.5, 0.6) is 0 Å². The van der Waals surface area contributed by atoms with Gasteiger partial charge in [0.05, 0.1) is 0 Å². The van der Waals surface area contributed by atoms with Crippen molar-refractivity contribution in [3.8, 4) is 0 Å². The van der Waals surface area contributed by atoms with E-state index in [0.29, 0.717) is 5.92 Å². The molecule has 0 heterocycles. The lowest BCUT2D eigenvalue weighted by Crippen LogP contribution is -2.35. The molecule has 20 heavy (non-hydrogen) atoms. The summed E-state index contributed by atoms with van der Waals surface area (Å²) in [7, 11) is 2.38. The zero-order valence-electron chi connectivity index (χ0n) is 13.3. The predicted molar refractivity (Wildman–Crippen MR) is 86.6 cm³/mol. The summed E-state index contributed by atoms with van der Waals surface area (Å²) in [5, 5.41) is 0. The molecule has 0 aromatic heterocycles. The first-order chi connectivity index (χ1) is 9.74. The summed E-state index contributed by atoms with van der Waals surface area (Å²) in [6.45, 7) is 0. The Bertz CT molecular complexity index is 292. The lowest BCUT2D eigenvalue weighted by atomic mass is 9.63. The largest absolute Gasteiger partial charge is 0.247 e. The van der Waals surface area contributed by atoms with E-state index < -0.39 is 6.17 Å². The number of rotatable bonds is 2. The van der Waals surface area contributed by atoms with Gasteiger partial charge in [0.15, 0.2) is 0 Å². The molecule has 0 bridgehead atoms. The number of halogens is 1. The summed E-state index contributed by atoms with van der Waals surface area (Å²) in [5.74, 6) is 3.65. The standard InChI is InChI=1S/C18H32BF/c19-16-9-6-13(7-10-16)15-8-11-17(18(20)12-15)14-4-2-1-3-5-14/h13-18H,1-12,19H2. The molecule has 3 fully saturated rings. The number of hydrogen-bond acceptors (Lipinski definition) is 0. The van der Waals surface area contributed by atoms with Gasteiger partial charge in [0.1, 0.15) is 14.0 Å². The van der Waals surface area contributed by atoms with Crippen LogP contribution in [0, 0.1) is 23.7 Å². The molecule has 0 N–H and O–H groups in total. The maximum atomic E-state index is 14.7. The summed E-state index contributed by atoms with van der Waals surface area (Å²) >= 11 is 0. The molecule has 0 nitrogen and oxygen atoms in total. The first kappa shape index (κ1) is 14.9. The third-order valence-corrected chi connectivity index (χ3v) is 6.85. The molecule has 0 aliphatic heterocycles. The molecule has 0 amide bonds. The van der Waals surface area contributed by atoms with Crippen molar-refractivity contribution in [1.29, 1.82) is 0 Å². The topological polar surface area (TPSA) is 0 Å². The first-order valence-electron chi connectivity index (χ1n) is 9.38. The van der Waals surface area contributed by atoms with Crippen LogP contribution in [0.1, 0.15) is 77.0 Å². The highest BCUT2D eigenvalue weighted by atomic mass is 19.1. The van der Waals surface area contributed by atoms with Crippen LogP contribution in [0.25, 0.3) is 0 Å². The monoisotopic (exact) mass is 278 g/mol. The summed E-state index contributed by atoms with van der Waals surface area (Å²) < 4.78 is 14.7. The van der Waals surface area contributed by atoms with E-state index in [-0.39, 0.29) is 0 Å². The van der Waals surface area contributed by atoms with E-state index in [9.17, 15) is 4.39 Å². The third kappa shape index (κ3) is 3.42. The minimum absolute atomic E-state index is 0.425. The van der Waals surface area contributed by atoms with Crippen LogP contribution in [0.4, 0.5) is 4.39 Å². The molecule has 3 aliphatic carbocycles. The second kappa shape index (κ2) is 6.84. The molecule has 0 aromatic rings. The van der Waals surface area contributed by atoms with Gasteiger partial charge in [-0.05, 0) is 42.9 Å². The van der Waals surface area contributed by atoms with E-state index in [1.54, 1.807) is 0 Å². The van der Waals surface area contributed by atoms with Crippen molar-refractivity contribution in [3.63, 3.8) is 0 Å². The molecule has 0 saturated heterocycles. The number of hydrogen-bond donors (Lipinski definition) is 0. The van der Waals surface area contributed by atoms with E-state index in [1.807, 2.05) is 0 Å². The van der Waals surface area contributed by atoms with Crippen molar-refractivity contribution in [2.24, 2.45) is 23.7 Å². The lowest BCUT2D eigenvalue weighted by molar-refractivity contribution is 0.0421. The van der Waals surface area contributed by atoms with Crippen LogP contribution in [-0.4, -0.2) is 14.0 Å². The first-order valence-corrected chi connectivity index (χ1v) is 9.38. The van der Waals surface area contributed by atoms with Gasteiger partial charge in [-0.2, -0.15) is 0 Å². The van der Waals surface area contributed by atoms with Crippen LogP contribution in [0.2, 0.25) is 5.82 Å². The third-order valence-electron chi connectivity index (χ3n) is 6.85. The Morgan fingerprint density at radius 1 is 0.650 bits per heavy atom. The SMILES string of the molecule is BC1CCC(C2CCC(C3CCCCC3)C(F)C2)CC1. The molecule has 0 aromatic carbocycles. The Labute approximate surface area is 125 Å². The van der Waals surface area contributed by atoms with Gasteiger partial charge >= 0.3 is 0 Å². The predicted octanol–water partition coefficient (Wildman–Crippen LogP) is 4.93. The maximum absolute atomic E-state index is 14.7. The Kier molecular flexibility index (Phi) is 5.10. The van der Waals surface area contributed by atoms with Crippen molar-refractivity contribution in [2.75, 3.05) is 0 Å². The quantitative estimate of drug-likeness (QED) is 0.628. The highest BCUT2D eigenvalue weighted by Crippen LogP contribution is 2.46. The zero-order chi connectivity index (χ0) is 13.9. The normalized spacial score (nSPS) is 44.4. The van der Waals surface area contributed by atoms with E-state index in [0.717, 1.165) is 30.0 Å². The van der Waals surface area contributed by atoms with Crippen LogP contribution >= 0.6 is 0 Å². The highest BCUT2D eigenvalue weighted by Gasteiger charge is 2.38. The molecule has 3 aliphatic rings. The molecule has 3 rings (SSSR count). The summed E-state index contributed by atoms with van der Waals surface area (Å²) in [6, 6.07) is 0. The fourth-order valence-corrected chi connectivity index (χ4v) is 5.45. The van der Waals surface area contributed by atoms with Gasteiger partial charge < -0.3 is 0 Å². The second-order valence-corrected chi connectivity index (χ2v) is 8.17. The van der Waals surface area contributed by atoms with Gasteiger partial charge in [0.25, 0.3) is 0 Å². The van der Waals surface area contributed by atoms with Gasteiger partial charge in [0, 0.05) is 0 Å². The summed E-state index contributed by atoms with van der Waals surface area (Å²) in [5.41, 5.74) is 0. The Morgan fingerprint density at radius 2 is 1.30 bits per heavy atom. The average molecular weight is 278 g/mol. The minimum atomic E-state index is -0.476. The van der Waals surface area contributed by atoms with E-state index >= 15 is 0 Å². The van der Waals surface area contributed by atoms with Gasteiger partial charge in [-0.1, -0.05) is 63.6 Å². The van der Waals surface area contributed by atoms with Gasteiger partial charge in [-0.15, -0.1) is 0 Å². The fraction of sp³-hybridized carbons (Fsp3) is 1.00. The van der Waals surface area contributed by atoms with Gasteiger partial charge in [0.2, 0.25) is 0 Å².